The Bertz CT molecular complexity index is 913. The van der Waals surface area contributed by atoms with Crippen molar-refractivity contribution in [3.63, 3.8) is 0 Å². The number of β-lactam (4-membered cyclic amide) rings is 1. The third-order valence-corrected chi connectivity index (χ3v) is 5.38. The average molecular weight is 496 g/mol. The minimum Gasteiger partial charge on any atom is -0.465 e. The van der Waals surface area contributed by atoms with Crippen molar-refractivity contribution in [1.29, 1.82) is 0 Å². The molecular weight excluding hydrogens is 466 g/mol. The number of likely N-dealkylation sites (tertiary alicyclic amines) is 1. The second-order valence-electron chi connectivity index (χ2n) is 8.51. The summed E-state index contributed by atoms with van der Waals surface area (Å²) in [6, 6.07) is 8.79. The molecule has 1 aliphatic rings. The lowest BCUT2D eigenvalue weighted by molar-refractivity contribution is -0.217. The van der Waals surface area contributed by atoms with Gasteiger partial charge in [-0.2, -0.15) is 0 Å². The number of amides is 1. The number of nitrogens with zero attached hydrogens (tertiary/aromatic N) is 1. The van der Waals surface area contributed by atoms with Crippen LogP contribution in [0.15, 0.2) is 35.2 Å². The zero-order chi connectivity index (χ0) is 25.5. The summed E-state index contributed by atoms with van der Waals surface area (Å²) in [6.07, 6.45) is -2.31. The molecule has 0 N–H and O–H groups in total. The number of rotatable bonds is 10. The molecule has 0 unspecified atom stereocenters. The van der Waals surface area contributed by atoms with E-state index in [0.717, 1.165) is 16.7 Å². The van der Waals surface area contributed by atoms with Gasteiger partial charge < -0.3 is 23.8 Å². The highest BCUT2D eigenvalue weighted by molar-refractivity contribution is 8.13. The summed E-state index contributed by atoms with van der Waals surface area (Å²) in [4.78, 5) is 62.3. The van der Waals surface area contributed by atoms with Crippen molar-refractivity contribution in [2.24, 2.45) is 5.92 Å². The maximum atomic E-state index is 12.9. The summed E-state index contributed by atoms with van der Waals surface area (Å²) >= 11 is 0.888. The van der Waals surface area contributed by atoms with Gasteiger partial charge in [0, 0.05) is 18.7 Å². The van der Waals surface area contributed by atoms with E-state index in [0.29, 0.717) is 4.90 Å². The Morgan fingerprint density at radius 1 is 1.03 bits per heavy atom. The quantitative estimate of drug-likeness (QED) is 0.206. The van der Waals surface area contributed by atoms with Crippen LogP contribution in [0.1, 0.15) is 34.6 Å². The molecule has 0 radical (unpaired) electrons. The molecule has 1 aliphatic heterocycles. The van der Waals surface area contributed by atoms with Gasteiger partial charge in [0.1, 0.15) is 37.5 Å². The molecule has 1 aromatic carbocycles. The first-order valence-corrected chi connectivity index (χ1v) is 11.4. The van der Waals surface area contributed by atoms with Gasteiger partial charge >= 0.3 is 17.9 Å². The smallest absolute Gasteiger partial charge is 0.326 e. The molecule has 0 aliphatic carbocycles. The van der Waals surface area contributed by atoms with Crippen molar-refractivity contribution in [3.05, 3.63) is 30.3 Å². The van der Waals surface area contributed by atoms with Gasteiger partial charge in [-0.25, -0.2) is 0 Å². The lowest BCUT2D eigenvalue weighted by atomic mass is 9.96. The number of hydrogen-bond acceptors (Lipinski definition) is 10. The first-order valence-electron chi connectivity index (χ1n) is 10.6. The van der Waals surface area contributed by atoms with Crippen LogP contribution in [0.5, 0.6) is 0 Å². The Morgan fingerprint density at radius 2 is 1.65 bits per heavy atom. The van der Waals surface area contributed by atoms with E-state index in [4.69, 9.17) is 18.9 Å². The van der Waals surface area contributed by atoms with Crippen molar-refractivity contribution in [2.75, 3.05) is 19.8 Å². The van der Waals surface area contributed by atoms with Gasteiger partial charge in [-0.15, -0.1) is 0 Å². The highest BCUT2D eigenvalue weighted by atomic mass is 32.2. The average Bonchev–Trinajstić information content (AvgIpc) is 2.72. The molecule has 1 heterocycles. The van der Waals surface area contributed by atoms with Crippen LogP contribution in [0.2, 0.25) is 0 Å². The van der Waals surface area contributed by atoms with Crippen molar-refractivity contribution in [3.8, 4) is 0 Å². The zero-order valence-electron chi connectivity index (χ0n) is 19.8. The van der Waals surface area contributed by atoms with E-state index in [2.05, 4.69) is 0 Å². The topological polar surface area (TPSA) is 126 Å². The van der Waals surface area contributed by atoms with Gasteiger partial charge in [-0.3, -0.25) is 24.0 Å². The number of ether oxygens (including phenoxy) is 4. The maximum absolute atomic E-state index is 12.9. The number of hydrogen-bond donors (Lipinski definition) is 0. The van der Waals surface area contributed by atoms with E-state index in [-0.39, 0.29) is 13.2 Å². The molecule has 34 heavy (non-hydrogen) atoms. The summed E-state index contributed by atoms with van der Waals surface area (Å²) in [5.41, 5.74) is -0.765. The summed E-state index contributed by atoms with van der Waals surface area (Å²) in [5, 5.41) is -0.463. The lowest BCUT2D eigenvalue weighted by Crippen LogP contribution is -2.66. The van der Waals surface area contributed by atoms with Crippen LogP contribution in [0.4, 0.5) is 0 Å². The molecule has 186 valence electrons. The Morgan fingerprint density at radius 3 is 2.21 bits per heavy atom. The highest BCUT2D eigenvalue weighted by Gasteiger charge is 2.51. The minimum absolute atomic E-state index is 0.288. The van der Waals surface area contributed by atoms with Crippen molar-refractivity contribution in [2.45, 2.75) is 57.4 Å². The van der Waals surface area contributed by atoms with E-state index in [1.54, 1.807) is 51.1 Å². The van der Waals surface area contributed by atoms with Crippen LogP contribution in [-0.2, 0) is 42.9 Å². The molecule has 0 aromatic heterocycles. The van der Waals surface area contributed by atoms with Gasteiger partial charge in [0.25, 0.3) is 0 Å². The first kappa shape index (κ1) is 27.3. The Kier molecular flexibility index (Phi) is 9.63. The van der Waals surface area contributed by atoms with Crippen LogP contribution in [0.3, 0.4) is 0 Å². The Balaban J connectivity index is 2.20. The van der Waals surface area contributed by atoms with E-state index < -0.39 is 59.3 Å². The molecule has 1 saturated heterocycles. The van der Waals surface area contributed by atoms with Gasteiger partial charge in [0.15, 0.2) is 6.10 Å². The summed E-state index contributed by atoms with van der Waals surface area (Å²) in [6.45, 7) is 6.36. The third-order valence-electron chi connectivity index (χ3n) is 4.40. The molecule has 1 amide bonds. The summed E-state index contributed by atoms with van der Waals surface area (Å²) in [5.74, 6) is -3.30. The molecule has 10 nitrogen and oxygen atoms in total. The number of carbonyl (C=O) groups is 5. The standard InChI is InChI=1S/C23H29NO9S/c1-14(25)30-12-17-20(28)24(11-19(27)33-23(3,4)5)21(17)32-18(13-31-15(2)26)22(29)34-16-9-7-6-8-10-16/h6-10,17-18,21H,11-13H2,1-5H3/t17-,18-,21-/m0/s1. The fourth-order valence-corrected chi connectivity index (χ4v) is 3.78. The molecule has 3 atom stereocenters. The van der Waals surface area contributed by atoms with Gasteiger partial charge in [0.2, 0.25) is 11.0 Å². The summed E-state index contributed by atoms with van der Waals surface area (Å²) in [7, 11) is 0. The van der Waals surface area contributed by atoms with Crippen LogP contribution in [-0.4, -0.2) is 71.5 Å². The summed E-state index contributed by atoms with van der Waals surface area (Å²) < 4.78 is 21.1. The van der Waals surface area contributed by atoms with Gasteiger partial charge in [-0.05, 0) is 44.7 Å². The van der Waals surface area contributed by atoms with E-state index in [1.807, 2.05) is 0 Å². The molecule has 0 bridgehead atoms. The number of thioether (sulfide) groups is 1. The predicted molar refractivity (Wildman–Crippen MR) is 120 cm³/mol. The highest BCUT2D eigenvalue weighted by Crippen LogP contribution is 2.31. The Hall–Kier alpha value is -2.92. The van der Waals surface area contributed by atoms with E-state index in [9.17, 15) is 24.0 Å². The Labute approximate surface area is 202 Å². The lowest BCUT2D eigenvalue weighted by Gasteiger charge is -2.46. The van der Waals surface area contributed by atoms with Gasteiger partial charge in [-0.1, -0.05) is 18.2 Å². The van der Waals surface area contributed by atoms with Crippen LogP contribution < -0.4 is 0 Å². The molecule has 2 rings (SSSR count). The fraction of sp³-hybridized carbons (Fsp3) is 0.522. The monoisotopic (exact) mass is 495 g/mol. The maximum Gasteiger partial charge on any atom is 0.326 e. The number of benzene rings is 1. The molecule has 11 heteroatoms. The first-order chi connectivity index (χ1) is 15.9. The second-order valence-corrected chi connectivity index (χ2v) is 9.59. The number of carbonyl (C=O) groups excluding carboxylic acids is 5. The minimum atomic E-state index is -1.24. The second kappa shape index (κ2) is 12.0. The normalized spacial score (nSPS) is 18.5. The van der Waals surface area contributed by atoms with E-state index in [1.165, 1.54) is 13.8 Å². The molecule has 0 spiro atoms. The van der Waals surface area contributed by atoms with Crippen LogP contribution >= 0.6 is 11.8 Å². The molecule has 1 fully saturated rings. The largest absolute Gasteiger partial charge is 0.465 e. The van der Waals surface area contributed by atoms with Crippen LogP contribution in [0.25, 0.3) is 0 Å². The van der Waals surface area contributed by atoms with Crippen molar-refractivity contribution in [1.82, 2.24) is 4.90 Å². The SMILES string of the molecule is CC(=O)OC[C@H](O[C@H]1[C@@H](COC(C)=O)C(=O)N1CC(=O)OC(C)(C)C)C(=O)Sc1ccccc1. The predicted octanol–water partition coefficient (Wildman–Crippen LogP) is 1.94. The van der Waals surface area contributed by atoms with E-state index >= 15 is 0 Å². The van der Waals surface area contributed by atoms with Crippen LogP contribution in [0, 0.1) is 5.92 Å². The fourth-order valence-electron chi connectivity index (χ4n) is 3.00. The van der Waals surface area contributed by atoms with Crippen molar-refractivity contribution >= 4 is 40.7 Å². The van der Waals surface area contributed by atoms with Gasteiger partial charge in [0.05, 0.1) is 0 Å². The molecular formula is C23H29NO9S. The zero-order valence-corrected chi connectivity index (χ0v) is 20.6. The van der Waals surface area contributed by atoms with Crippen molar-refractivity contribution < 1.29 is 42.9 Å². The third kappa shape index (κ3) is 8.45. The molecule has 1 aromatic rings. The number of esters is 3. The molecule has 0 saturated carbocycles.